The average molecular weight is 539 g/mol. The number of nitro groups is 2. The first-order valence-corrected chi connectivity index (χ1v) is 10.7. The summed E-state index contributed by atoms with van der Waals surface area (Å²) in [6.07, 6.45) is 0. The number of carbonyl (C=O) groups is 1. The molecule has 1 N–H and O–H groups in total. The summed E-state index contributed by atoms with van der Waals surface area (Å²) in [4.78, 5) is 34.7. The molecule has 34 heavy (non-hydrogen) atoms. The van der Waals surface area contributed by atoms with Gasteiger partial charge in [-0.05, 0) is 34.1 Å². The van der Waals surface area contributed by atoms with Crippen LogP contribution in [0.1, 0.15) is 6.92 Å². The van der Waals surface area contributed by atoms with Gasteiger partial charge in [-0.1, -0.05) is 0 Å². The third-order valence-corrected chi connectivity index (χ3v) is 5.08. The van der Waals surface area contributed by atoms with Gasteiger partial charge in [-0.2, -0.15) is 0 Å². The van der Waals surface area contributed by atoms with Crippen molar-refractivity contribution in [1.82, 2.24) is 0 Å². The molecule has 0 atom stereocenters. The van der Waals surface area contributed by atoms with Gasteiger partial charge in [0.15, 0.2) is 5.69 Å². The Kier molecular flexibility index (Phi) is 9.97. The summed E-state index contributed by atoms with van der Waals surface area (Å²) in [5.74, 6) is -0.351. The fourth-order valence-corrected chi connectivity index (χ4v) is 3.41. The number of halogens is 1. The molecule has 0 saturated carbocycles. The van der Waals surface area contributed by atoms with Gasteiger partial charge in [0.2, 0.25) is 5.91 Å². The highest BCUT2D eigenvalue weighted by Crippen LogP contribution is 2.40. The van der Waals surface area contributed by atoms with Gasteiger partial charge in [0, 0.05) is 46.0 Å². The summed E-state index contributed by atoms with van der Waals surface area (Å²) in [6.45, 7) is 3.42. The van der Waals surface area contributed by atoms with Crippen LogP contribution in [-0.2, 0) is 14.3 Å². The van der Waals surface area contributed by atoms with Crippen molar-refractivity contribution in [1.29, 1.82) is 0 Å². The first kappa shape index (κ1) is 26.8. The molecule has 182 valence electrons. The molecule has 0 aliphatic carbocycles. The molecule has 2 aromatic rings. The van der Waals surface area contributed by atoms with Crippen molar-refractivity contribution in [2.45, 2.75) is 6.92 Å². The van der Waals surface area contributed by atoms with Crippen LogP contribution in [0.15, 0.2) is 45.0 Å². The Balaban J connectivity index is 2.50. The number of anilines is 2. The standard InChI is InChI=1S/C20H23BrN6O7/c1-13(28)22-18-11-14(25(6-8-33-2)7-9-34-3)4-5-17(18)23-24-20-16(21)10-15(26(29)30)12-19(20)27(31)32/h4-5,10-12H,6-9H2,1-3H3,(H,22,28)/b24-23+. The second kappa shape index (κ2) is 12.7. The van der Waals surface area contributed by atoms with E-state index >= 15 is 0 Å². The number of nitrogens with one attached hydrogen (secondary N) is 1. The van der Waals surface area contributed by atoms with Crippen LogP contribution in [0.25, 0.3) is 0 Å². The third kappa shape index (κ3) is 7.26. The quantitative estimate of drug-likeness (QED) is 0.230. The lowest BCUT2D eigenvalue weighted by atomic mass is 10.2. The Morgan fingerprint density at radius 1 is 1.06 bits per heavy atom. The van der Waals surface area contributed by atoms with Crippen LogP contribution in [0.4, 0.5) is 34.1 Å². The van der Waals surface area contributed by atoms with Crippen LogP contribution < -0.4 is 10.2 Å². The van der Waals surface area contributed by atoms with E-state index in [1.165, 1.54) is 6.92 Å². The Bertz CT molecular complexity index is 1090. The van der Waals surface area contributed by atoms with E-state index in [1.54, 1.807) is 32.4 Å². The van der Waals surface area contributed by atoms with Gasteiger partial charge in [-0.15, -0.1) is 10.2 Å². The van der Waals surface area contributed by atoms with E-state index in [0.29, 0.717) is 32.0 Å². The molecule has 0 unspecified atom stereocenters. The second-order valence-corrected chi connectivity index (χ2v) is 7.72. The number of non-ortho nitro benzene ring substituents is 1. The Labute approximate surface area is 203 Å². The third-order valence-electron chi connectivity index (χ3n) is 4.48. The van der Waals surface area contributed by atoms with Gasteiger partial charge in [-0.25, -0.2) is 0 Å². The van der Waals surface area contributed by atoms with Gasteiger partial charge >= 0.3 is 5.69 Å². The molecular formula is C20H23BrN6O7. The molecule has 0 saturated heterocycles. The van der Waals surface area contributed by atoms with Gasteiger partial charge < -0.3 is 19.7 Å². The Morgan fingerprint density at radius 2 is 1.71 bits per heavy atom. The summed E-state index contributed by atoms with van der Waals surface area (Å²) >= 11 is 3.08. The summed E-state index contributed by atoms with van der Waals surface area (Å²) in [5, 5.41) is 33.2. The van der Waals surface area contributed by atoms with E-state index in [-0.39, 0.29) is 21.8 Å². The zero-order valence-corrected chi connectivity index (χ0v) is 20.3. The van der Waals surface area contributed by atoms with Crippen molar-refractivity contribution in [3.05, 3.63) is 55.0 Å². The molecule has 0 spiro atoms. The number of methoxy groups -OCH3 is 2. The predicted molar refractivity (Wildman–Crippen MR) is 128 cm³/mol. The van der Waals surface area contributed by atoms with E-state index in [0.717, 1.165) is 17.8 Å². The number of nitro benzene ring substituents is 2. The van der Waals surface area contributed by atoms with Crippen LogP contribution >= 0.6 is 15.9 Å². The van der Waals surface area contributed by atoms with E-state index in [9.17, 15) is 25.0 Å². The number of rotatable bonds is 12. The lowest BCUT2D eigenvalue weighted by Crippen LogP contribution is -2.30. The molecule has 13 nitrogen and oxygen atoms in total. The highest BCUT2D eigenvalue weighted by Gasteiger charge is 2.23. The molecule has 0 bridgehead atoms. The maximum absolute atomic E-state index is 11.8. The first-order valence-electron chi connectivity index (χ1n) is 9.86. The number of ether oxygens (including phenoxy) is 2. The van der Waals surface area contributed by atoms with Gasteiger partial charge in [0.1, 0.15) is 5.69 Å². The van der Waals surface area contributed by atoms with E-state index in [4.69, 9.17) is 9.47 Å². The number of carbonyl (C=O) groups excluding carboxylic acids is 1. The number of benzene rings is 2. The second-order valence-electron chi connectivity index (χ2n) is 6.86. The van der Waals surface area contributed by atoms with Gasteiger partial charge in [-0.3, -0.25) is 25.0 Å². The highest BCUT2D eigenvalue weighted by atomic mass is 79.9. The van der Waals surface area contributed by atoms with Gasteiger partial charge in [0.25, 0.3) is 5.69 Å². The van der Waals surface area contributed by atoms with E-state index < -0.39 is 21.2 Å². The number of azo groups is 1. The molecule has 0 radical (unpaired) electrons. The number of hydrogen-bond acceptors (Lipinski definition) is 10. The lowest BCUT2D eigenvalue weighted by Gasteiger charge is -2.25. The van der Waals surface area contributed by atoms with Crippen molar-refractivity contribution in [2.24, 2.45) is 10.2 Å². The van der Waals surface area contributed by atoms with E-state index in [2.05, 4.69) is 31.5 Å². The van der Waals surface area contributed by atoms with Crippen LogP contribution in [0, 0.1) is 20.2 Å². The topological polar surface area (TPSA) is 162 Å². The van der Waals surface area contributed by atoms with Gasteiger partial charge in [0.05, 0.1) is 39.3 Å². The maximum Gasteiger partial charge on any atom is 0.304 e. The predicted octanol–water partition coefficient (Wildman–Crippen LogP) is 4.74. The molecule has 2 aromatic carbocycles. The number of hydrogen-bond donors (Lipinski definition) is 1. The smallest absolute Gasteiger partial charge is 0.304 e. The SMILES string of the molecule is COCCN(CCOC)c1ccc(/N=N/c2c(Br)cc([N+](=O)[O-])cc2[N+](=O)[O-])c(NC(C)=O)c1. The maximum atomic E-state index is 11.8. The van der Waals surface area contributed by atoms with Crippen LogP contribution in [0.3, 0.4) is 0 Å². The average Bonchev–Trinajstić information content (AvgIpc) is 2.78. The van der Waals surface area contributed by atoms with Crippen LogP contribution in [0.2, 0.25) is 0 Å². The van der Waals surface area contributed by atoms with Crippen molar-refractivity contribution in [2.75, 3.05) is 50.7 Å². The lowest BCUT2D eigenvalue weighted by molar-refractivity contribution is -0.393. The first-order chi connectivity index (χ1) is 16.2. The largest absolute Gasteiger partial charge is 0.383 e. The molecular weight excluding hydrogens is 516 g/mol. The summed E-state index contributed by atoms with van der Waals surface area (Å²) in [6, 6.07) is 6.95. The van der Waals surface area contributed by atoms with Crippen LogP contribution in [-0.4, -0.2) is 56.3 Å². The Hall–Kier alpha value is -3.49. The number of amides is 1. The van der Waals surface area contributed by atoms with Crippen molar-refractivity contribution in [3.63, 3.8) is 0 Å². The van der Waals surface area contributed by atoms with Crippen molar-refractivity contribution in [3.8, 4) is 0 Å². The normalized spacial score (nSPS) is 10.9. The molecule has 0 aromatic heterocycles. The zero-order chi connectivity index (χ0) is 25.3. The fraction of sp³-hybridized carbons (Fsp3) is 0.350. The molecule has 0 aliphatic heterocycles. The summed E-state index contributed by atoms with van der Waals surface area (Å²) in [7, 11) is 3.19. The molecule has 0 aliphatic rings. The molecule has 2 rings (SSSR count). The van der Waals surface area contributed by atoms with Crippen molar-refractivity contribution < 1.29 is 24.1 Å². The molecule has 0 fully saturated rings. The zero-order valence-electron chi connectivity index (χ0n) is 18.7. The Morgan fingerprint density at radius 3 is 2.24 bits per heavy atom. The summed E-state index contributed by atoms with van der Waals surface area (Å²) < 4.78 is 10.3. The van der Waals surface area contributed by atoms with E-state index in [1.807, 2.05) is 4.90 Å². The van der Waals surface area contributed by atoms with Crippen molar-refractivity contribution >= 4 is 56.0 Å². The molecule has 14 heteroatoms. The minimum Gasteiger partial charge on any atom is -0.383 e. The highest BCUT2D eigenvalue weighted by molar-refractivity contribution is 9.10. The monoisotopic (exact) mass is 538 g/mol. The minimum absolute atomic E-state index is 0.0279. The molecule has 1 amide bonds. The summed E-state index contributed by atoms with van der Waals surface area (Å²) in [5.41, 5.74) is 0.0709. The van der Waals surface area contributed by atoms with Crippen LogP contribution in [0.5, 0.6) is 0 Å². The minimum atomic E-state index is -0.784. The fourth-order valence-electron chi connectivity index (χ4n) is 2.89. The molecule has 0 heterocycles. The number of nitrogens with zero attached hydrogens (tertiary/aromatic N) is 5.